The molecule has 4 nitrogen and oxygen atoms in total. The maximum absolute atomic E-state index is 12.3. The molecule has 1 heterocycles. The topological polar surface area (TPSA) is 52.6 Å². The lowest BCUT2D eigenvalue weighted by atomic mass is 9.85. The lowest BCUT2D eigenvalue weighted by molar-refractivity contribution is -0.130. The summed E-state index contributed by atoms with van der Waals surface area (Å²) >= 11 is 0. The number of hydrogen-bond acceptors (Lipinski definition) is 3. The predicted octanol–water partition coefficient (Wildman–Crippen LogP) is 2.55. The molecule has 128 valence electrons. The van der Waals surface area contributed by atoms with E-state index in [-0.39, 0.29) is 29.4 Å². The van der Waals surface area contributed by atoms with Crippen LogP contribution in [0.1, 0.15) is 66.2 Å². The summed E-state index contributed by atoms with van der Waals surface area (Å²) in [6.45, 7) is 9.67. The van der Waals surface area contributed by atoms with Gasteiger partial charge in [-0.05, 0) is 32.1 Å². The van der Waals surface area contributed by atoms with Crippen molar-refractivity contribution in [1.29, 1.82) is 0 Å². The summed E-state index contributed by atoms with van der Waals surface area (Å²) in [6, 6.07) is 0.811. The summed E-state index contributed by atoms with van der Waals surface area (Å²) in [5.41, 5.74) is -0.354. The van der Waals surface area contributed by atoms with Crippen LogP contribution in [0.25, 0.3) is 0 Å². The van der Waals surface area contributed by atoms with Gasteiger partial charge in [-0.15, -0.1) is 0 Å². The molecule has 1 amide bonds. The molecule has 0 bridgehead atoms. The van der Waals surface area contributed by atoms with Gasteiger partial charge in [0.15, 0.2) is 0 Å². The maximum Gasteiger partial charge on any atom is 0.225 e. The van der Waals surface area contributed by atoms with Gasteiger partial charge in [0.05, 0.1) is 6.10 Å². The minimum Gasteiger partial charge on any atom is -0.393 e. The Morgan fingerprint density at radius 3 is 2.36 bits per heavy atom. The fourth-order valence-corrected chi connectivity index (χ4v) is 3.77. The third kappa shape index (κ3) is 4.69. The van der Waals surface area contributed by atoms with Crippen LogP contribution in [0.3, 0.4) is 0 Å². The molecular formula is C18H34N2O2. The van der Waals surface area contributed by atoms with Crippen molar-refractivity contribution in [1.82, 2.24) is 10.2 Å². The molecule has 1 aliphatic carbocycles. The first-order chi connectivity index (χ1) is 10.3. The normalized spacial score (nSPS) is 30.0. The highest BCUT2D eigenvalue weighted by atomic mass is 16.3. The zero-order chi connectivity index (χ0) is 16.3. The molecule has 3 unspecified atom stereocenters. The van der Waals surface area contributed by atoms with Crippen molar-refractivity contribution in [2.45, 2.75) is 84.4 Å². The molecule has 1 aliphatic heterocycles. The van der Waals surface area contributed by atoms with Crippen molar-refractivity contribution < 1.29 is 9.90 Å². The molecule has 0 spiro atoms. The van der Waals surface area contributed by atoms with Gasteiger partial charge in [0.1, 0.15) is 0 Å². The van der Waals surface area contributed by atoms with Crippen molar-refractivity contribution in [2.75, 3.05) is 13.1 Å². The van der Waals surface area contributed by atoms with Crippen LogP contribution in [0.2, 0.25) is 0 Å². The van der Waals surface area contributed by atoms with Crippen molar-refractivity contribution in [2.24, 2.45) is 11.3 Å². The van der Waals surface area contributed by atoms with Gasteiger partial charge in [-0.3, -0.25) is 9.69 Å². The summed E-state index contributed by atoms with van der Waals surface area (Å²) < 4.78 is 0. The quantitative estimate of drug-likeness (QED) is 0.842. The minimum atomic E-state index is -0.354. The van der Waals surface area contributed by atoms with Crippen LogP contribution in [-0.2, 0) is 4.79 Å². The van der Waals surface area contributed by atoms with Gasteiger partial charge in [0, 0.05) is 30.6 Å². The Labute approximate surface area is 135 Å². The first kappa shape index (κ1) is 17.7. The second kappa shape index (κ2) is 7.31. The van der Waals surface area contributed by atoms with Crippen LogP contribution in [0.4, 0.5) is 0 Å². The highest BCUT2D eigenvalue weighted by Crippen LogP contribution is 2.29. The molecule has 0 aromatic carbocycles. The Hall–Kier alpha value is -0.610. The van der Waals surface area contributed by atoms with E-state index in [1.807, 2.05) is 27.7 Å². The number of nitrogens with one attached hydrogen (secondary N) is 1. The van der Waals surface area contributed by atoms with Crippen LogP contribution < -0.4 is 5.32 Å². The fraction of sp³-hybridized carbons (Fsp3) is 0.944. The Kier molecular flexibility index (Phi) is 5.89. The lowest BCUT2D eigenvalue weighted by Gasteiger charge is -2.44. The molecule has 0 aromatic rings. The molecule has 2 rings (SSSR count). The van der Waals surface area contributed by atoms with E-state index < -0.39 is 0 Å². The van der Waals surface area contributed by atoms with E-state index in [2.05, 4.69) is 10.2 Å². The second-order valence-electron chi connectivity index (χ2n) is 8.40. The molecule has 2 aliphatic rings. The van der Waals surface area contributed by atoms with Crippen LogP contribution >= 0.6 is 0 Å². The lowest BCUT2D eigenvalue weighted by Crippen LogP contribution is -2.56. The van der Waals surface area contributed by atoms with E-state index in [0.717, 1.165) is 19.5 Å². The van der Waals surface area contributed by atoms with Gasteiger partial charge in [0.2, 0.25) is 5.91 Å². The second-order valence-corrected chi connectivity index (χ2v) is 8.40. The third-order valence-corrected chi connectivity index (χ3v) is 5.30. The van der Waals surface area contributed by atoms with Crippen LogP contribution in [0, 0.1) is 11.3 Å². The molecule has 2 fully saturated rings. The van der Waals surface area contributed by atoms with E-state index in [1.54, 1.807) is 0 Å². The Bertz CT molecular complexity index is 370. The SMILES string of the molecule is CC(O)C1CC(NC(=O)C(C)(C)C)CN(C2CCCCC2)C1. The van der Waals surface area contributed by atoms with E-state index in [9.17, 15) is 9.90 Å². The number of piperidine rings is 1. The molecular weight excluding hydrogens is 276 g/mol. The molecule has 2 N–H and O–H groups in total. The van der Waals surface area contributed by atoms with E-state index in [4.69, 9.17) is 0 Å². The average molecular weight is 310 g/mol. The van der Waals surface area contributed by atoms with Gasteiger partial charge in [-0.2, -0.15) is 0 Å². The van der Waals surface area contributed by atoms with Crippen molar-refractivity contribution in [3.63, 3.8) is 0 Å². The number of carbonyl (C=O) groups is 1. The predicted molar refractivity (Wildman–Crippen MR) is 89.6 cm³/mol. The highest BCUT2D eigenvalue weighted by molar-refractivity contribution is 5.81. The number of carbonyl (C=O) groups excluding carboxylic acids is 1. The molecule has 4 heteroatoms. The monoisotopic (exact) mass is 310 g/mol. The zero-order valence-electron chi connectivity index (χ0n) is 14.8. The first-order valence-electron chi connectivity index (χ1n) is 9.00. The Balaban J connectivity index is 2.01. The summed E-state index contributed by atoms with van der Waals surface area (Å²) in [5.74, 6) is 0.383. The summed E-state index contributed by atoms with van der Waals surface area (Å²) in [5, 5.41) is 13.3. The van der Waals surface area contributed by atoms with E-state index in [1.165, 1.54) is 32.1 Å². The van der Waals surface area contributed by atoms with Gasteiger partial charge in [-0.25, -0.2) is 0 Å². The van der Waals surface area contributed by atoms with E-state index >= 15 is 0 Å². The summed E-state index contributed by atoms with van der Waals surface area (Å²) in [4.78, 5) is 14.8. The van der Waals surface area contributed by atoms with Gasteiger partial charge in [0.25, 0.3) is 0 Å². The highest BCUT2D eigenvalue weighted by Gasteiger charge is 2.35. The van der Waals surface area contributed by atoms with Crippen LogP contribution in [-0.4, -0.2) is 47.2 Å². The Morgan fingerprint density at radius 2 is 1.82 bits per heavy atom. The Morgan fingerprint density at radius 1 is 1.18 bits per heavy atom. The summed E-state index contributed by atoms with van der Waals surface area (Å²) in [7, 11) is 0. The number of nitrogens with zero attached hydrogens (tertiary/aromatic N) is 1. The molecule has 0 aromatic heterocycles. The smallest absolute Gasteiger partial charge is 0.225 e. The van der Waals surface area contributed by atoms with Gasteiger partial charge < -0.3 is 10.4 Å². The van der Waals surface area contributed by atoms with Crippen LogP contribution in [0.5, 0.6) is 0 Å². The number of hydrogen-bond donors (Lipinski definition) is 2. The van der Waals surface area contributed by atoms with Gasteiger partial charge in [-0.1, -0.05) is 40.0 Å². The first-order valence-corrected chi connectivity index (χ1v) is 9.00. The number of rotatable bonds is 3. The third-order valence-electron chi connectivity index (χ3n) is 5.30. The molecule has 3 atom stereocenters. The molecule has 0 radical (unpaired) electrons. The minimum absolute atomic E-state index is 0.118. The number of amides is 1. The molecule has 1 saturated heterocycles. The maximum atomic E-state index is 12.3. The number of aliphatic hydroxyl groups is 1. The standard InChI is InChI=1S/C18H34N2O2/c1-13(21)14-10-15(19-17(22)18(2,3)4)12-20(11-14)16-8-6-5-7-9-16/h13-16,21H,5-12H2,1-4H3,(H,19,22). The zero-order valence-corrected chi connectivity index (χ0v) is 14.8. The number of aliphatic hydroxyl groups excluding tert-OH is 1. The summed E-state index contributed by atoms with van der Waals surface area (Å²) in [6.07, 6.45) is 7.12. The van der Waals surface area contributed by atoms with E-state index in [0.29, 0.717) is 6.04 Å². The van der Waals surface area contributed by atoms with Crippen LogP contribution in [0.15, 0.2) is 0 Å². The molecule has 1 saturated carbocycles. The van der Waals surface area contributed by atoms with Gasteiger partial charge >= 0.3 is 0 Å². The van der Waals surface area contributed by atoms with Crippen molar-refractivity contribution >= 4 is 5.91 Å². The largest absolute Gasteiger partial charge is 0.393 e. The fourth-order valence-electron chi connectivity index (χ4n) is 3.77. The number of likely N-dealkylation sites (tertiary alicyclic amines) is 1. The van der Waals surface area contributed by atoms with Crippen molar-refractivity contribution in [3.8, 4) is 0 Å². The van der Waals surface area contributed by atoms with Crippen molar-refractivity contribution in [3.05, 3.63) is 0 Å². The molecule has 22 heavy (non-hydrogen) atoms. The average Bonchev–Trinajstić information content (AvgIpc) is 2.46.